The third kappa shape index (κ3) is 4.40. The Morgan fingerprint density at radius 3 is 2.62 bits per heavy atom. The van der Waals surface area contributed by atoms with Gasteiger partial charge in [-0.1, -0.05) is 24.9 Å². The average Bonchev–Trinajstić information content (AvgIpc) is 2.69. The fraction of sp³-hybridized carbons (Fsp3) is 0.476. The number of amides is 3. The summed E-state index contributed by atoms with van der Waals surface area (Å²) in [6, 6.07) is 3.25. The van der Waals surface area contributed by atoms with Crippen LogP contribution in [0.4, 0.5) is 11.4 Å². The molecule has 1 aromatic carbocycles. The zero-order chi connectivity index (χ0) is 21.1. The SMILES string of the molecule is CCCC(C)N1C(=O)COc2cc(Cl)c(NC(=O)C3=C(C(N)=O)CCCC3)cc21. The highest BCUT2D eigenvalue weighted by Crippen LogP contribution is 2.41. The normalized spacial score (nSPS) is 17.5. The van der Waals surface area contributed by atoms with Gasteiger partial charge in [0.1, 0.15) is 5.75 Å². The number of carbonyl (C=O) groups excluding carboxylic acids is 3. The summed E-state index contributed by atoms with van der Waals surface area (Å²) in [5, 5.41) is 3.09. The lowest BCUT2D eigenvalue weighted by Gasteiger charge is -2.34. The van der Waals surface area contributed by atoms with Crippen molar-refractivity contribution in [1.82, 2.24) is 0 Å². The van der Waals surface area contributed by atoms with Crippen LogP contribution in [0.3, 0.4) is 0 Å². The first-order valence-electron chi connectivity index (χ1n) is 9.95. The summed E-state index contributed by atoms with van der Waals surface area (Å²) in [6.45, 7) is 4.00. The van der Waals surface area contributed by atoms with Gasteiger partial charge >= 0.3 is 0 Å². The van der Waals surface area contributed by atoms with Gasteiger partial charge in [-0.2, -0.15) is 0 Å². The highest BCUT2D eigenvalue weighted by Gasteiger charge is 2.31. The molecule has 0 bridgehead atoms. The number of primary amides is 1. The Bertz CT molecular complexity index is 881. The van der Waals surface area contributed by atoms with Gasteiger partial charge in [0.25, 0.3) is 11.8 Å². The molecule has 0 radical (unpaired) electrons. The number of rotatable bonds is 6. The molecule has 0 saturated heterocycles. The summed E-state index contributed by atoms with van der Waals surface area (Å²) >= 11 is 6.36. The van der Waals surface area contributed by atoms with E-state index in [0.717, 1.165) is 25.7 Å². The number of nitrogens with one attached hydrogen (secondary N) is 1. The lowest BCUT2D eigenvalue weighted by atomic mass is 9.90. The van der Waals surface area contributed by atoms with Crippen molar-refractivity contribution in [3.8, 4) is 5.75 Å². The molecule has 8 heteroatoms. The lowest BCUT2D eigenvalue weighted by molar-refractivity contribution is -0.121. The standard InChI is InChI=1S/C21H26ClN3O4/c1-3-6-12(2)25-17-10-16(15(22)9-18(17)29-11-19(25)26)24-21(28)14-8-5-4-7-13(14)20(23)27/h9-10,12H,3-8,11H2,1-2H3,(H2,23,27)(H,24,28). The van der Waals surface area contributed by atoms with E-state index in [1.807, 2.05) is 6.92 Å². The van der Waals surface area contributed by atoms with Crippen LogP contribution >= 0.6 is 11.6 Å². The fourth-order valence-electron chi connectivity index (χ4n) is 3.94. The number of benzene rings is 1. The Labute approximate surface area is 175 Å². The van der Waals surface area contributed by atoms with Crippen LogP contribution < -0.4 is 20.7 Å². The van der Waals surface area contributed by atoms with E-state index < -0.39 is 11.8 Å². The summed E-state index contributed by atoms with van der Waals surface area (Å²) in [4.78, 5) is 38.7. The van der Waals surface area contributed by atoms with E-state index in [1.54, 1.807) is 17.0 Å². The minimum atomic E-state index is -0.565. The van der Waals surface area contributed by atoms with Crippen molar-refractivity contribution in [2.45, 2.75) is 58.4 Å². The van der Waals surface area contributed by atoms with Crippen molar-refractivity contribution >= 4 is 40.7 Å². The first-order valence-corrected chi connectivity index (χ1v) is 10.3. The smallest absolute Gasteiger partial charge is 0.265 e. The molecule has 1 aliphatic heterocycles. The quantitative estimate of drug-likeness (QED) is 0.736. The molecule has 1 atom stereocenters. The molecule has 7 nitrogen and oxygen atoms in total. The summed E-state index contributed by atoms with van der Waals surface area (Å²) in [7, 11) is 0. The van der Waals surface area contributed by atoms with Crippen LogP contribution in [0.25, 0.3) is 0 Å². The number of halogens is 1. The molecule has 3 rings (SSSR count). The predicted molar refractivity (Wildman–Crippen MR) is 112 cm³/mol. The molecule has 1 aromatic rings. The van der Waals surface area contributed by atoms with E-state index in [9.17, 15) is 14.4 Å². The topological polar surface area (TPSA) is 102 Å². The molecule has 2 aliphatic rings. The summed E-state index contributed by atoms with van der Waals surface area (Å²) in [5.41, 5.74) is 7.16. The van der Waals surface area contributed by atoms with Crippen molar-refractivity contribution in [3.63, 3.8) is 0 Å². The van der Waals surface area contributed by atoms with E-state index in [0.29, 0.717) is 46.1 Å². The molecule has 29 heavy (non-hydrogen) atoms. The molecule has 3 amide bonds. The van der Waals surface area contributed by atoms with E-state index in [-0.39, 0.29) is 18.6 Å². The number of ether oxygens (including phenoxy) is 1. The molecule has 0 aromatic heterocycles. The molecular weight excluding hydrogens is 394 g/mol. The van der Waals surface area contributed by atoms with Gasteiger partial charge < -0.3 is 20.7 Å². The van der Waals surface area contributed by atoms with Gasteiger partial charge in [0, 0.05) is 23.3 Å². The molecule has 1 heterocycles. The maximum absolute atomic E-state index is 12.8. The lowest BCUT2D eigenvalue weighted by Crippen LogP contribution is -2.44. The van der Waals surface area contributed by atoms with Crippen LogP contribution in [0, 0.1) is 0 Å². The second-order valence-corrected chi connectivity index (χ2v) is 7.88. The van der Waals surface area contributed by atoms with Crippen LogP contribution in [-0.2, 0) is 14.4 Å². The second-order valence-electron chi connectivity index (χ2n) is 7.47. The van der Waals surface area contributed by atoms with Crippen molar-refractivity contribution in [2.24, 2.45) is 5.73 Å². The Kier molecular flexibility index (Phi) is 6.47. The number of fused-ring (bicyclic) bond motifs is 1. The largest absolute Gasteiger partial charge is 0.482 e. The molecule has 0 saturated carbocycles. The highest BCUT2D eigenvalue weighted by atomic mass is 35.5. The Balaban J connectivity index is 1.94. The third-order valence-electron chi connectivity index (χ3n) is 5.36. The fourth-order valence-corrected chi connectivity index (χ4v) is 4.14. The van der Waals surface area contributed by atoms with Gasteiger partial charge in [0.2, 0.25) is 5.91 Å². The van der Waals surface area contributed by atoms with Crippen LogP contribution in [0.1, 0.15) is 52.4 Å². The zero-order valence-corrected chi connectivity index (χ0v) is 17.5. The summed E-state index contributed by atoms with van der Waals surface area (Å²) in [6.07, 6.45) is 4.42. The average molecular weight is 420 g/mol. The molecule has 156 valence electrons. The highest BCUT2D eigenvalue weighted by molar-refractivity contribution is 6.34. The van der Waals surface area contributed by atoms with Gasteiger partial charge in [-0.3, -0.25) is 14.4 Å². The minimum Gasteiger partial charge on any atom is -0.482 e. The number of carbonyl (C=O) groups is 3. The third-order valence-corrected chi connectivity index (χ3v) is 5.68. The monoisotopic (exact) mass is 419 g/mol. The van der Waals surface area contributed by atoms with E-state index in [4.69, 9.17) is 22.1 Å². The van der Waals surface area contributed by atoms with Gasteiger partial charge in [-0.25, -0.2) is 0 Å². The molecular formula is C21H26ClN3O4. The van der Waals surface area contributed by atoms with E-state index in [2.05, 4.69) is 12.2 Å². The first-order chi connectivity index (χ1) is 13.8. The van der Waals surface area contributed by atoms with Gasteiger partial charge in [0.05, 0.1) is 16.4 Å². The molecule has 3 N–H and O–H groups in total. The second kappa shape index (κ2) is 8.86. The zero-order valence-electron chi connectivity index (χ0n) is 16.7. The summed E-state index contributed by atoms with van der Waals surface area (Å²) in [5.74, 6) is -0.587. The van der Waals surface area contributed by atoms with Crippen LogP contribution in [-0.4, -0.2) is 30.4 Å². The van der Waals surface area contributed by atoms with Gasteiger partial charge in [0.15, 0.2) is 6.61 Å². The first kappa shape index (κ1) is 21.2. The Hall–Kier alpha value is -2.54. The van der Waals surface area contributed by atoms with Gasteiger partial charge in [-0.15, -0.1) is 0 Å². The number of nitrogens with zero attached hydrogens (tertiary/aromatic N) is 1. The maximum atomic E-state index is 12.8. The number of hydrogen-bond acceptors (Lipinski definition) is 4. The minimum absolute atomic E-state index is 0.0117. The van der Waals surface area contributed by atoms with Crippen molar-refractivity contribution in [2.75, 3.05) is 16.8 Å². The van der Waals surface area contributed by atoms with E-state index >= 15 is 0 Å². The van der Waals surface area contributed by atoms with Crippen molar-refractivity contribution in [1.29, 1.82) is 0 Å². The molecule has 0 spiro atoms. The molecule has 0 fully saturated rings. The Morgan fingerprint density at radius 1 is 1.28 bits per heavy atom. The number of nitrogens with two attached hydrogens (primary N) is 1. The Morgan fingerprint density at radius 2 is 1.97 bits per heavy atom. The van der Waals surface area contributed by atoms with Crippen LogP contribution in [0.5, 0.6) is 5.75 Å². The van der Waals surface area contributed by atoms with Crippen molar-refractivity contribution < 1.29 is 19.1 Å². The number of anilines is 2. The maximum Gasteiger partial charge on any atom is 0.265 e. The number of hydrogen-bond donors (Lipinski definition) is 2. The van der Waals surface area contributed by atoms with Crippen molar-refractivity contribution in [3.05, 3.63) is 28.3 Å². The molecule has 1 unspecified atom stereocenters. The van der Waals surface area contributed by atoms with Gasteiger partial charge in [-0.05, 0) is 45.1 Å². The van der Waals surface area contributed by atoms with Crippen LogP contribution in [0.15, 0.2) is 23.3 Å². The predicted octanol–water partition coefficient (Wildman–Crippen LogP) is 3.55. The molecule has 1 aliphatic carbocycles. The van der Waals surface area contributed by atoms with E-state index in [1.165, 1.54) is 0 Å². The summed E-state index contributed by atoms with van der Waals surface area (Å²) < 4.78 is 5.54. The van der Waals surface area contributed by atoms with Crippen LogP contribution in [0.2, 0.25) is 5.02 Å².